The summed E-state index contributed by atoms with van der Waals surface area (Å²) in [4.78, 5) is 14.8. The van der Waals surface area contributed by atoms with Crippen molar-refractivity contribution in [1.82, 2.24) is 10.2 Å². The number of likely N-dealkylation sites (tertiary alicyclic amines) is 1. The molecule has 1 aromatic heterocycles. The van der Waals surface area contributed by atoms with Gasteiger partial charge in [0.1, 0.15) is 11.5 Å². The topological polar surface area (TPSA) is 54.7 Å². The van der Waals surface area contributed by atoms with Gasteiger partial charge in [0.15, 0.2) is 6.10 Å². The number of carbonyl (C=O) groups excluding carboxylic acids is 1. The summed E-state index contributed by atoms with van der Waals surface area (Å²) in [5.74, 6) is 1.49. The van der Waals surface area contributed by atoms with Crippen molar-refractivity contribution >= 4 is 5.91 Å². The summed E-state index contributed by atoms with van der Waals surface area (Å²) in [5.41, 5.74) is 0. The summed E-state index contributed by atoms with van der Waals surface area (Å²) in [6.07, 6.45) is 4.81. The third kappa shape index (κ3) is 4.86. The number of para-hydroxylation sites is 1. The van der Waals surface area contributed by atoms with Gasteiger partial charge in [0.05, 0.1) is 12.3 Å². The number of carbonyl (C=O) groups is 1. The summed E-state index contributed by atoms with van der Waals surface area (Å²) < 4.78 is 11.3. The van der Waals surface area contributed by atoms with Crippen LogP contribution in [0.5, 0.6) is 5.75 Å². The highest BCUT2D eigenvalue weighted by atomic mass is 16.5. The van der Waals surface area contributed by atoms with Gasteiger partial charge < -0.3 is 14.5 Å². The van der Waals surface area contributed by atoms with E-state index >= 15 is 0 Å². The van der Waals surface area contributed by atoms with Crippen LogP contribution >= 0.6 is 0 Å². The summed E-state index contributed by atoms with van der Waals surface area (Å²) in [5, 5.41) is 3.02. The summed E-state index contributed by atoms with van der Waals surface area (Å²) >= 11 is 0. The predicted molar refractivity (Wildman–Crippen MR) is 96.4 cm³/mol. The molecule has 1 fully saturated rings. The number of rotatable bonds is 7. The molecule has 2 atom stereocenters. The van der Waals surface area contributed by atoms with Crippen molar-refractivity contribution in [3.63, 3.8) is 0 Å². The lowest BCUT2D eigenvalue weighted by Gasteiger charge is -2.33. The van der Waals surface area contributed by atoms with Crippen LogP contribution in [-0.2, 0) is 4.79 Å². The monoisotopic (exact) mass is 342 g/mol. The number of hydrogen-bond acceptors (Lipinski definition) is 4. The van der Waals surface area contributed by atoms with E-state index in [1.54, 1.807) is 13.2 Å². The fourth-order valence-corrected chi connectivity index (χ4v) is 3.22. The van der Waals surface area contributed by atoms with Gasteiger partial charge in [-0.05, 0) is 57.1 Å². The summed E-state index contributed by atoms with van der Waals surface area (Å²) in [6.45, 7) is 4.37. The lowest BCUT2D eigenvalue weighted by Crippen LogP contribution is -2.43. The van der Waals surface area contributed by atoms with E-state index in [-0.39, 0.29) is 11.9 Å². The third-order valence-corrected chi connectivity index (χ3v) is 4.60. The smallest absolute Gasteiger partial charge is 0.260 e. The van der Waals surface area contributed by atoms with Crippen LogP contribution < -0.4 is 10.1 Å². The van der Waals surface area contributed by atoms with Gasteiger partial charge in [0.25, 0.3) is 5.91 Å². The number of nitrogens with zero attached hydrogens (tertiary/aromatic N) is 1. The molecule has 0 spiro atoms. The molecular weight excluding hydrogens is 316 g/mol. The maximum atomic E-state index is 12.4. The zero-order valence-electron chi connectivity index (χ0n) is 14.7. The Morgan fingerprint density at radius 3 is 2.60 bits per heavy atom. The average molecular weight is 342 g/mol. The maximum absolute atomic E-state index is 12.4. The van der Waals surface area contributed by atoms with Crippen LogP contribution in [0.25, 0.3) is 0 Å². The first kappa shape index (κ1) is 17.5. The van der Waals surface area contributed by atoms with Crippen molar-refractivity contribution in [2.45, 2.75) is 38.3 Å². The third-order valence-electron chi connectivity index (χ3n) is 4.60. The number of amides is 1. The first-order chi connectivity index (χ1) is 12.2. The van der Waals surface area contributed by atoms with E-state index in [1.807, 2.05) is 42.5 Å². The normalized spacial score (nSPS) is 17.6. The van der Waals surface area contributed by atoms with Crippen LogP contribution in [0.2, 0.25) is 0 Å². The molecule has 1 aliphatic heterocycles. The molecule has 0 saturated carbocycles. The molecule has 3 rings (SSSR count). The fourth-order valence-electron chi connectivity index (χ4n) is 3.22. The molecule has 5 heteroatoms. The van der Waals surface area contributed by atoms with E-state index in [1.165, 1.54) is 19.3 Å². The second-order valence-electron chi connectivity index (χ2n) is 6.45. The lowest BCUT2D eigenvalue weighted by molar-refractivity contribution is -0.127. The van der Waals surface area contributed by atoms with Crippen LogP contribution in [0.3, 0.4) is 0 Å². The van der Waals surface area contributed by atoms with Crippen LogP contribution in [0.4, 0.5) is 0 Å². The average Bonchev–Trinajstić information content (AvgIpc) is 3.18. The Bertz CT molecular complexity index is 636. The van der Waals surface area contributed by atoms with Crippen molar-refractivity contribution in [2.75, 3.05) is 19.6 Å². The van der Waals surface area contributed by atoms with Gasteiger partial charge in [-0.1, -0.05) is 24.6 Å². The van der Waals surface area contributed by atoms with E-state index in [4.69, 9.17) is 9.15 Å². The number of furan rings is 1. The molecule has 1 aliphatic rings. The standard InChI is InChI=1S/C20H26N2O3/c1-16(25-17-9-4-2-5-10-17)20(23)21-15-18(19-11-8-14-24-19)22-12-6-3-7-13-22/h2,4-5,8-11,14,16,18H,3,6-7,12-13,15H2,1H3,(H,21,23). The van der Waals surface area contributed by atoms with Gasteiger partial charge in [0.2, 0.25) is 0 Å². The molecule has 2 aromatic rings. The SMILES string of the molecule is CC(Oc1ccccc1)C(=O)NCC(c1ccco1)N1CCCCC1. The molecular formula is C20H26N2O3. The van der Waals surface area contributed by atoms with Crippen molar-refractivity contribution in [2.24, 2.45) is 0 Å². The second-order valence-corrected chi connectivity index (χ2v) is 6.45. The molecule has 134 valence electrons. The maximum Gasteiger partial charge on any atom is 0.260 e. The minimum absolute atomic E-state index is 0.0724. The van der Waals surface area contributed by atoms with E-state index in [0.29, 0.717) is 12.3 Å². The van der Waals surface area contributed by atoms with Crippen LogP contribution in [0.1, 0.15) is 38.0 Å². The first-order valence-electron chi connectivity index (χ1n) is 9.01. The lowest BCUT2D eigenvalue weighted by atomic mass is 10.1. The number of nitrogens with one attached hydrogen (secondary N) is 1. The predicted octanol–water partition coefficient (Wildman–Crippen LogP) is 3.39. The molecule has 0 radical (unpaired) electrons. The Labute approximate surface area is 149 Å². The Hall–Kier alpha value is -2.27. The molecule has 0 bridgehead atoms. The zero-order chi connectivity index (χ0) is 17.5. The molecule has 2 heterocycles. The van der Waals surface area contributed by atoms with E-state index < -0.39 is 6.10 Å². The van der Waals surface area contributed by atoms with Crippen molar-refractivity contribution in [1.29, 1.82) is 0 Å². The first-order valence-corrected chi connectivity index (χ1v) is 9.01. The molecule has 0 aliphatic carbocycles. The van der Waals surface area contributed by atoms with E-state index in [9.17, 15) is 4.79 Å². The minimum atomic E-state index is -0.541. The van der Waals surface area contributed by atoms with Crippen molar-refractivity contribution in [3.05, 3.63) is 54.5 Å². The van der Waals surface area contributed by atoms with E-state index in [2.05, 4.69) is 10.2 Å². The highest BCUT2D eigenvalue weighted by Gasteiger charge is 2.26. The Balaban J connectivity index is 1.57. The molecule has 2 unspecified atom stereocenters. The Kier molecular flexibility index (Phi) is 6.12. The largest absolute Gasteiger partial charge is 0.481 e. The molecule has 1 N–H and O–H groups in total. The van der Waals surface area contributed by atoms with Crippen molar-refractivity contribution in [3.8, 4) is 5.75 Å². The molecule has 1 amide bonds. The van der Waals surface area contributed by atoms with Gasteiger partial charge in [-0.3, -0.25) is 9.69 Å². The number of piperidine rings is 1. The van der Waals surface area contributed by atoms with Crippen LogP contribution in [0, 0.1) is 0 Å². The fraction of sp³-hybridized carbons (Fsp3) is 0.450. The minimum Gasteiger partial charge on any atom is -0.481 e. The number of hydrogen-bond donors (Lipinski definition) is 1. The zero-order valence-corrected chi connectivity index (χ0v) is 14.7. The number of ether oxygens (including phenoxy) is 1. The van der Waals surface area contributed by atoms with Gasteiger partial charge in [-0.15, -0.1) is 0 Å². The van der Waals surface area contributed by atoms with Crippen LogP contribution in [0.15, 0.2) is 53.1 Å². The quantitative estimate of drug-likeness (QED) is 0.838. The van der Waals surface area contributed by atoms with E-state index in [0.717, 1.165) is 18.8 Å². The van der Waals surface area contributed by atoms with Gasteiger partial charge >= 0.3 is 0 Å². The highest BCUT2D eigenvalue weighted by molar-refractivity contribution is 5.80. The Morgan fingerprint density at radius 1 is 1.16 bits per heavy atom. The molecule has 1 saturated heterocycles. The Morgan fingerprint density at radius 2 is 1.92 bits per heavy atom. The van der Waals surface area contributed by atoms with Crippen LogP contribution in [-0.4, -0.2) is 36.5 Å². The second kappa shape index (κ2) is 8.72. The van der Waals surface area contributed by atoms with Gasteiger partial charge in [-0.25, -0.2) is 0 Å². The number of benzene rings is 1. The summed E-state index contributed by atoms with van der Waals surface area (Å²) in [6, 6.07) is 13.4. The molecule has 25 heavy (non-hydrogen) atoms. The van der Waals surface area contributed by atoms with Gasteiger partial charge in [0, 0.05) is 6.54 Å². The molecule has 1 aromatic carbocycles. The highest BCUT2D eigenvalue weighted by Crippen LogP contribution is 2.24. The van der Waals surface area contributed by atoms with Gasteiger partial charge in [-0.2, -0.15) is 0 Å². The molecule has 5 nitrogen and oxygen atoms in total. The van der Waals surface area contributed by atoms with Crippen molar-refractivity contribution < 1.29 is 13.9 Å². The summed E-state index contributed by atoms with van der Waals surface area (Å²) in [7, 11) is 0.